The van der Waals surface area contributed by atoms with Gasteiger partial charge < -0.3 is 19.0 Å². The van der Waals surface area contributed by atoms with E-state index in [2.05, 4.69) is 4.98 Å². The zero-order valence-corrected chi connectivity index (χ0v) is 18.1. The number of ether oxygens (including phenoxy) is 3. The lowest BCUT2D eigenvalue weighted by Gasteiger charge is -2.29. The Hall–Kier alpha value is -2.29. The molecular formula is C22H29F3N2O4. The van der Waals surface area contributed by atoms with E-state index < -0.39 is 12.8 Å². The van der Waals surface area contributed by atoms with Gasteiger partial charge in [-0.1, -0.05) is 6.92 Å². The number of alkyl halides is 3. The number of fused-ring (bicyclic) bond motifs is 1. The highest BCUT2D eigenvalue weighted by molar-refractivity contribution is 5.78. The smallest absolute Gasteiger partial charge is 0.422 e. The Morgan fingerprint density at radius 2 is 1.90 bits per heavy atom. The predicted octanol–water partition coefficient (Wildman–Crippen LogP) is 4.84. The lowest BCUT2D eigenvalue weighted by molar-refractivity contribution is -0.153. The number of halogens is 3. The molecule has 31 heavy (non-hydrogen) atoms. The molecule has 0 radical (unpaired) electrons. The third-order valence-corrected chi connectivity index (χ3v) is 5.36. The van der Waals surface area contributed by atoms with Crippen LogP contribution in [0.3, 0.4) is 0 Å². The van der Waals surface area contributed by atoms with Crippen molar-refractivity contribution in [1.29, 1.82) is 0 Å². The number of hydrogen-bond acceptors (Lipinski definition) is 5. The minimum absolute atomic E-state index is 0.00551. The van der Waals surface area contributed by atoms with Gasteiger partial charge in [0.15, 0.2) is 6.61 Å². The van der Waals surface area contributed by atoms with Crippen molar-refractivity contribution in [3.63, 3.8) is 0 Å². The zero-order chi connectivity index (χ0) is 22.6. The van der Waals surface area contributed by atoms with E-state index in [1.54, 1.807) is 24.6 Å². The van der Waals surface area contributed by atoms with E-state index in [0.717, 1.165) is 25.7 Å². The zero-order valence-electron chi connectivity index (χ0n) is 18.1. The molecule has 1 fully saturated rings. The molecule has 0 bridgehead atoms. The topological polar surface area (TPSA) is 62.6 Å². The number of nitrogens with zero attached hydrogens (tertiary/aromatic N) is 2. The van der Waals surface area contributed by atoms with Gasteiger partial charge in [0.05, 0.1) is 17.1 Å². The molecule has 0 aliphatic heterocycles. The summed E-state index contributed by atoms with van der Waals surface area (Å²) < 4.78 is 55.7. The Balaban J connectivity index is 1.53. The Morgan fingerprint density at radius 3 is 2.55 bits per heavy atom. The highest BCUT2D eigenvalue weighted by Crippen LogP contribution is 2.29. The predicted molar refractivity (Wildman–Crippen MR) is 109 cm³/mol. The van der Waals surface area contributed by atoms with Crippen molar-refractivity contribution in [1.82, 2.24) is 9.55 Å². The third-order valence-electron chi connectivity index (χ3n) is 5.36. The number of aryl methyl sites for hydroxylation is 1. The lowest BCUT2D eigenvalue weighted by atomic mass is 9.95. The third kappa shape index (κ3) is 6.85. The maximum atomic E-state index is 12.4. The summed E-state index contributed by atoms with van der Waals surface area (Å²) in [5, 5.41) is 0. The first-order valence-corrected chi connectivity index (χ1v) is 10.5. The van der Waals surface area contributed by atoms with Gasteiger partial charge in [-0.25, -0.2) is 0 Å². The second-order valence-corrected chi connectivity index (χ2v) is 8.37. The van der Waals surface area contributed by atoms with E-state index in [9.17, 15) is 18.0 Å². The number of carbonyl (C=O) groups is 1. The maximum absolute atomic E-state index is 12.4. The Bertz CT molecular complexity index is 889. The van der Waals surface area contributed by atoms with E-state index in [0.29, 0.717) is 30.1 Å². The number of rotatable bonds is 9. The average Bonchev–Trinajstić information content (AvgIpc) is 3.00. The Labute approximate surface area is 179 Å². The summed E-state index contributed by atoms with van der Waals surface area (Å²) in [4.78, 5) is 15.6. The lowest BCUT2D eigenvalue weighted by Crippen LogP contribution is -2.30. The van der Waals surface area contributed by atoms with E-state index in [1.165, 1.54) is 12.1 Å². The summed E-state index contributed by atoms with van der Waals surface area (Å²) in [6, 6.07) is 5.07. The second kappa shape index (κ2) is 9.89. The molecule has 2 aromatic rings. The van der Waals surface area contributed by atoms with Crippen LogP contribution in [0.4, 0.5) is 13.2 Å². The maximum Gasteiger partial charge on any atom is 0.422 e. The largest absolute Gasteiger partial charge is 0.484 e. The minimum Gasteiger partial charge on any atom is -0.484 e. The average molecular weight is 442 g/mol. The number of benzene rings is 1. The van der Waals surface area contributed by atoms with Gasteiger partial charge in [0.25, 0.3) is 6.01 Å². The number of carbonyl (C=O) groups excluding carboxylic acids is 1. The van der Waals surface area contributed by atoms with Crippen molar-refractivity contribution in [2.45, 2.75) is 64.3 Å². The summed E-state index contributed by atoms with van der Waals surface area (Å²) >= 11 is 0. The SMILES string of the molecule is CC(=O)C[C@@H](C)COC1CCC(Oc2nc3ccc(OCC(F)(F)F)cc3n2C)CC1. The summed E-state index contributed by atoms with van der Waals surface area (Å²) in [5.41, 5.74) is 1.28. The van der Waals surface area contributed by atoms with Crippen molar-refractivity contribution in [3.05, 3.63) is 18.2 Å². The highest BCUT2D eigenvalue weighted by atomic mass is 19.4. The van der Waals surface area contributed by atoms with Gasteiger partial charge in [-0.05, 0) is 50.7 Å². The molecule has 0 N–H and O–H groups in total. The van der Waals surface area contributed by atoms with Gasteiger partial charge in [0.1, 0.15) is 17.6 Å². The second-order valence-electron chi connectivity index (χ2n) is 8.37. The first kappa shape index (κ1) is 23.4. The van der Waals surface area contributed by atoms with Crippen LogP contribution in [0.5, 0.6) is 11.8 Å². The molecule has 1 aliphatic carbocycles. The van der Waals surface area contributed by atoms with Gasteiger partial charge >= 0.3 is 6.18 Å². The molecule has 0 unspecified atom stereocenters. The quantitative estimate of drug-likeness (QED) is 0.556. The van der Waals surface area contributed by atoms with Crippen molar-refractivity contribution in [2.75, 3.05) is 13.2 Å². The molecular weight excluding hydrogens is 413 g/mol. The van der Waals surface area contributed by atoms with Crippen LogP contribution < -0.4 is 9.47 Å². The molecule has 0 amide bonds. The molecule has 0 saturated heterocycles. The fraction of sp³-hybridized carbons (Fsp3) is 0.636. The van der Waals surface area contributed by atoms with Gasteiger partial charge in [0.2, 0.25) is 0 Å². The molecule has 6 nitrogen and oxygen atoms in total. The van der Waals surface area contributed by atoms with Crippen molar-refractivity contribution in [2.24, 2.45) is 13.0 Å². The van der Waals surface area contributed by atoms with Crippen LogP contribution >= 0.6 is 0 Å². The van der Waals surface area contributed by atoms with Gasteiger partial charge in [-0.15, -0.1) is 0 Å². The summed E-state index contributed by atoms with van der Waals surface area (Å²) in [5.74, 6) is 0.530. The first-order valence-electron chi connectivity index (χ1n) is 10.5. The Morgan fingerprint density at radius 1 is 1.23 bits per heavy atom. The van der Waals surface area contributed by atoms with Crippen LogP contribution in [0.25, 0.3) is 11.0 Å². The summed E-state index contributed by atoms with van der Waals surface area (Å²) in [6.45, 7) is 2.86. The van der Waals surface area contributed by atoms with Crippen LogP contribution in [0.1, 0.15) is 46.0 Å². The molecule has 1 saturated carbocycles. The molecule has 1 aromatic heterocycles. The number of aromatic nitrogens is 2. The molecule has 9 heteroatoms. The number of imidazole rings is 1. The van der Waals surface area contributed by atoms with Crippen molar-refractivity contribution >= 4 is 16.8 Å². The van der Waals surface area contributed by atoms with E-state index in [4.69, 9.17) is 14.2 Å². The van der Waals surface area contributed by atoms with Crippen LogP contribution in [-0.2, 0) is 16.6 Å². The van der Waals surface area contributed by atoms with Gasteiger partial charge in [0, 0.05) is 26.1 Å². The van der Waals surface area contributed by atoms with Gasteiger partial charge in [-0.3, -0.25) is 4.57 Å². The fourth-order valence-corrected chi connectivity index (χ4v) is 3.82. The molecule has 1 heterocycles. The number of ketones is 1. The summed E-state index contributed by atoms with van der Waals surface area (Å²) in [7, 11) is 1.77. The monoisotopic (exact) mass is 442 g/mol. The van der Waals surface area contributed by atoms with E-state index in [1.807, 2.05) is 6.92 Å². The van der Waals surface area contributed by atoms with Crippen molar-refractivity contribution < 1.29 is 32.2 Å². The normalized spacial score (nSPS) is 20.6. The molecule has 0 spiro atoms. The van der Waals surface area contributed by atoms with E-state index >= 15 is 0 Å². The first-order chi connectivity index (χ1) is 14.6. The number of Topliss-reactive ketones (excluding diaryl/α,β-unsaturated/α-hetero) is 1. The standard InChI is InChI=1S/C22H29F3N2O4/c1-14(10-15(2)28)12-29-16-4-6-17(7-5-16)31-21-26-19-9-8-18(11-20(19)27(21)3)30-13-22(23,24)25/h8-9,11,14,16-17H,4-7,10,12-13H2,1-3H3/t14-,16?,17?/m1/s1. The molecule has 1 atom stereocenters. The molecule has 172 valence electrons. The van der Waals surface area contributed by atoms with Crippen LogP contribution in [0.2, 0.25) is 0 Å². The van der Waals surface area contributed by atoms with Crippen LogP contribution in [-0.4, -0.2) is 46.9 Å². The van der Waals surface area contributed by atoms with Gasteiger partial charge in [-0.2, -0.15) is 18.2 Å². The Kier molecular flexibility index (Phi) is 7.46. The molecule has 3 rings (SSSR count). The minimum atomic E-state index is -4.39. The van der Waals surface area contributed by atoms with E-state index in [-0.39, 0.29) is 29.7 Å². The van der Waals surface area contributed by atoms with Crippen LogP contribution in [0, 0.1) is 5.92 Å². The fourth-order valence-electron chi connectivity index (χ4n) is 3.82. The number of hydrogen-bond donors (Lipinski definition) is 0. The molecule has 1 aromatic carbocycles. The van der Waals surface area contributed by atoms with Crippen molar-refractivity contribution in [3.8, 4) is 11.8 Å². The summed E-state index contributed by atoms with van der Waals surface area (Å²) in [6.07, 6.45) is -0.274. The molecule has 1 aliphatic rings. The highest BCUT2D eigenvalue weighted by Gasteiger charge is 2.29. The van der Waals surface area contributed by atoms with Crippen LogP contribution in [0.15, 0.2) is 18.2 Å².